The molecular weight excluding hydrogens is 483 g/mol. The smallest absolute Gasteiger partial charge is 0.444 e. The molecule has 13 heteroatoms. The van der Waals surface area contributed by atoms with Crippen molar-refractivity contribution in [2.24, 2.45) is 0 Å². The van der Waals surface area contributed by atoms with E-state index in [-0.39, 0.29) is 23.4 Å². The molecule has 0 saturated carbocycles. The van der Waals surface area contributed by atoms with E-state index < -0.39 is 17.0 Å². The second-order valence-corrected chi connectivity index (χ2v) is 8.06. The summed E-state index contributed by atoms with van der Waals surface area (Å²) in [6.45, 7) is 2.54. The summed E-state index contributed by atoms with van der Waals surface area (Å²) < 4.78 is 48.6. The van der Waals surface area contributed by atoms with Gasteiger partial charge >= 0.3 is 18.2 Å². The van der Waals surface area contributed by atoms with Crippen molar-refractivity contribution in [1.82, 2.24) is 14.5 Å². The zero-order valence-corrected chi connectivity index (χ0v) is 19.1. The third kappa shape index (κ3) is 6.10. The Balaban J connectivity index is 1.38. The number of nitrogens with zero attached hydrogens (tertiary/aromatic N) is 5. The Labute approximate surface area is 203 Å². The predicted octanol–water partition coefficient (Wildman–Crippen LogP) is 3.86. The van der Waals surface area contributed by atoms with E-state index in [4.69, 9.17) is 4.74 Å². The molecule has 1 amide bonds. The van der Waals surface area contributed by atoms with E-state index >= 15 is 0 Å². The van der Waals surface area contributed by atoms with Gasteiger partial charge in [0.15, 0.2) is 0 Å². The van der Waals surface area contributed by atoms with Crippen LogP contribution in [0.2, 0.25) is 0 Å². The van der Waals surface area contributed by atoms with Gasteiger partial charge in [-0.05, 0) is 34.8 Å². The molecule has 4 rings (SSSR count). The zero-order valence-electron chi connectivity index (χ0n) is 19.1. The van der Waals surface area contributed by atoms with E-state index in [9.17, 15) is 28.1 Å². The Bertz CT molecular complexity index is 1250. The van der Waals surface area contributed by atoms with Crippen LogP contribution in [-0.2, 0) is 13.1 Å². The van der Waals surface area contributed by atoms with E-state index in [0.29, 0.717) is 38.3 Å². The van der Waals surface area contributed by atoms with Crippen molar-refractivity contribution in [1.29, 1.82) is 0 Å². The van der Waals surface area contributed by atoms with E-state index in [1.165, 1.54) is 30.3 Å². The lowest BCUT2D eigenvalue weighted by Crippen LogP contribution is -2.33. The minimum absolute atomic E-state index is 0.226. The number of halogens is 3. The van der Waals surface area contributed by atoms with Gasteiger partial charge < -0.3 is 24.5 Å². The first kappa shape index (κ1) is 25.0. The predicted molar refractivity (Wildman–Crippen MR) is 122 cm³/mol. The maximum atomic E-state index is 12.9. The van der Waals surface area contributed by atoms with Gasteiger partial charge in [0.2, 0.25) is 0 Å². The number of hydrogen-bond donors (Lipinski definition) is 0. The molecule has 0 spiro atoms. The number of hydrogen-bond acceptors (Lipinski definition) is 7. The highest BCUT2D eigenvalue weighted by atomic mass is 19.4. The van der Waals surface area contributed by atoms with Crippen LogP contribution < -0.4 is 14.4 Å². The average Bonchev–Trinajstić information content (AvgIpc) is 3.22. The number of rotatable bonds is 6. The number of fused-ring (bicyclic) bond motifs is 1. The maximum Gasteiger partial charge on any atom is 0.573 e. The molecule has 0 atom stereocenters. The summed E-state index contributed by atoms with van der Waals surface area (Å²) in [7, 11) is 1.47. The van der Waals surface area contributed by atoms with Gasteiger partial charge in [0.1, 0.15) is 18.6 Å². The molecule has 0 N–H and O–H groups in total. The first-order valence-electron chi connectivity index (χ1n) is 10.9. The summed E-state index contributed by atoms with van der Waals surface area (Å²) in [5, 5.41) is 10.9. The second-order valence-electron chi connectivity index (χ2n) is 8.06. The van der Waals surface area contributed by atoms with Gasteiger partial charge in [-0.2, -0.15) is 0 Å². The lowest BCUT2D eigenvalue weighted by molar-refractivity contribution is -0.389. The molecule has 0 aliphatic carbocycles. The molecule has 0 radical (unpaired) electrons. The zero-order chi connectivity index (χ0) is 25.9. The van der Waals surface area contributed by atoms with Gasteiger partial charge in [-0.1, -0.05) is 18.2 Å². The van der Waals surface area contributed by atoms with Gasteiger partial charge in [-0.3, -0.25) is 14.3 Å². The molecule has 0 unspecified atom stereocenters. The Morgan fingerprint density at radius 1 is 1.19 bits per heavy atom. The third-order valence-corrected chi connectivity index (χ3v) is 5.56. The summed E-state index contributed by atoms with van der Waals surface area (Å²) in [6, 6.07) is 12.3. The standard InChI is InChI=1S/C23H22F3N5O5/c1-28(18-3-2-4-19(13-18)36-23(24,25)26)21(32)17-7-5-16(6-8-17)14-29-9-10-30-15-20(31(33)34)27-22(30)35-12-11-29/h2-8,13,15H,9-12,14H2,1H3. The molecule has 1 aromatic heterocycles. The van der Waals surface area contributed by atoms with Crippen molar-refractivity contribution in [2.45, 2.75) is 19.5 Å². The lowest BCUT2D eigenvalue weighted by atomic mass is 10.1. The third-order valence-electron chi connectivity index (χ3n) is 5.56. The fourth-order valence-corrected chi connectivity index (χ4v) is 3.75. The van der Waals surface area contributed by atoms with Crippen LogP contribution in [0.25, 0.3) is 0 Å². The van der Waals surface area contributed by atoms with Crippen LogP contribution in [0.5, 0.6) is 11.8 Å². The molecule has 0 bridgehead atoms. The van der Waals surface area contributed by atoms with Gasteiger partial charge in [0.25, 0.3) is 5.91 Å². The van der Waals surface area contributed by atoms with Crippen molar-refractivity contribution in [3.05, 3.63) is 76.0 Å². The van der Waals surface area contributed by atoms with E-state index in [1.54, 1.807) is 28.8 Å². The highest BCUT2D eigenvalue weighted by Crippen LogP contribution is 2.27. The molecule has 2 heterocycles. The van der Waals surface area contributed by atoms with Crippen LogP contribution in [0.3, 0.4) is 0 Å². The molecule has 2 aromatic carbocycles. The highest BCUT2D eigenvalue weighted by Gasteiger charge is 2.31. The topological polar surface area (TPSA) is 103 Å². The quantitative estimate of drug-likeness (QED) is 0.370. The van der Waals surface area contributed by atoms with Crippen molar-refractivity contribution >= 4 is 17.4 Å². The number of carbonyl (C=O) groups excluding carboxylic acids is 1. The first-order chi connectivity index (χ1) is 17.1. The SMILES string of the molecule is CN(C(=O)c1ccc(CN2CCOc3nc([N+](=O)[O-])cn3CC2)cc1)c1cccc(OC(F)(F)F)c1. The minimum Gasteiger partial charge on any atom is -0.444 e. The molecule has 10 nitrogen and oxygen atoms in total. The van der Waals surface area contributed by atoms with Crippen LogP contribution in [0, 0.1) is 10.1 Å². The first-order valence-corrected chi connectivity index (χ1v) is 10.9. The number of amides is 1. The largest absolute Gasteiger partial charge is 0.573 e. The minimum atomic E-state index is -4.82. The van der Waals surface area contributed by atoms with E-state index in [1.807, 2.05) is 0 Å². The van der Waals surface area contributed by atoms with Crippen molar-refractivity contribution < 1.29 is 32.4 Å². The molecule has 36 heavy (non-hydrogen) atoms. The number of benzene rings is 2. The number of aromatic nitrogens is 2. The molecule has 190 valence electrons. The van der Waals surface area contributed by atoms with Crippen molar-refractivity contribution in [3.8, 4) is 11.8 Å². The molecule has 1 aliphatic heterocycles. The summed E-state index contributed by atoms with van der Waals surface area (Å²) >= 11 is 0. The van der Waals surface area contributed by atoms with Gasteiger partial charge in [-0.15, -0.1) is 13.2 Å². The Kier molecular flexibility index (Phi) is 7.10. The maximum absolute atomic E-state index is 12.9. The molecule has 0 fully saturated rings. The Morgan fingerprint density at radius 2 is 1.94 bits per heavy atom. The summed E-state index contributed by atoms with van der Waals surface area (Å²) in [4.78, 5) is 30.5. The van der Waals surface area contributed by atoms with Crippen LogP contribution in [0.4, 0.5) is 24.7 Å². The van der Waals surface area contributed by atoms with E-state index in [2.05, 4.69) is 14.6 Å². The van der Waals surface area contributed by atoms with Crippen LogP contribution in [0.15, 0.2) is 54.7 Å². The van der Waals surface area contributed by atoms with E-state index in [0.717, 1.165) is 17.7 Å². The number of imidazole rings is 1. The number of nitro groups is 1. The van der Waals surface area contributed by atoms with Gasteiger partial charge in [0, 0.05) is 55.5 Å². The van der Waals surface area contributed by atoms with Crippen molar-refractivity contribution in [2.75, 3.05) is 31.6 Å². The summed E-state index contributed by atoms with van der Waals surface area (Å²) in [5.74, 6) is -1.06. The second kappa shape index (κ2) is 10.2. The average molecular weight is 505 g/mol. The number of alkyl halides is 3. The molecule has 0 saturated heterocycles. The summed E-state index contributed by atoms with van der Waals surface area (Å²) in [5.41, 5.74) is 1.56. The molecule has 1 aliphatic rings. The molecular formula is C23H22F3N5O5. The Hall–Kier alpha value is -4.13. The monoisotopic (exact) mass is 505 g/mol. The van der Waals surface area contributed by atoms with Gasteiger partial charge in [-0.25, -0.2) is 0 Å². The van der Waals surface area contributed by atoms with Crippen LogP contribution in [-0.4, -0.2) is 58.4 Å². The fraction of sp³-hybridized carbons (Fsp3) is 0.304. The summed E-state index contributed by atoms with van der Waals surface area (Å²) in [6.07, 6.45) is -3.48. The number of carbonyl (C=O) groups is 1. The van der Waals surface area contributed by atoms with Gasteiger partial charge in [0.05, 0.1) is 0 Å². The van der Waals surface area contributed by atoms with Crippen LogP contribution >= 0.6 is 0 Å². The Morgan fingerprint density at radius 3 is 2.64 bits per heavy atom. The normalized spacial score (nSPS) is 14.2. The highest BCUT2D eigenvalue weighted by molar-refractivity contribution is 6.05. The van der Waals surface area contributed by atoms with Crippen molar-refractivity contribution in [3.63, 3.8) is 0 Å². The van der Waals surface area contributed by atoms with Crippen LogP contribution in [0.1, 0.15) is 15.9 Å². The number of ether oxygens (including phenoxy) is 2. The number of anilines is 1. The fourth-order valence-electron chi connectivity index (χ4n) is 3.75. The lowest BCUT2D eigenvalue weighted by Gasteiger charge is -2.24. The molecule has 3 aromatic rings.